The van der Waals surface area contributed by atoms with Gasteiger partial charge in [0.25, 0.3) is 15.9 Å². The van der Waals surface area contributed by atoms with Gasteiger partial charge in [-0.15, -0.1) is 0 Å². The molecular formula is C22H17ClN4O5S. The van der Waals surface area contributed by atoms with E-state index in [1.54, 1.807) is 12.1 Å². The van der Waals surface area contributed by atoms with Crippen LogP contribution in [-0.2, 0) is 10.0 Å². The summed E-state index contributed by atoms with van der Waals surface area (Å²) in [6.45, 7) is 0. The van der Waals surface area contributed by atoms with E-state index < -0.39 is 15.9 Å². The number of methoxy groups -OCH3 is 1. The van der Waals surface area contributed by atoms with Gasteiger partial charge in [0.2, 0.25) is 5.88 Å². The molecule has 0 fully saturated rings. The monoisotopic (exact) mass is 484 g/mol. The minimum absolute atomic E-state index is 0.108. The maximum Gasteiger partial charge on any atom is 0.311 e. The summed E-state index contributed by atoms with van der Waals surface area (Å²) >= 11 is 5.84. The third kappa shape index (κ3) is 5.13. The standard InChI is InChI=1S/C22H17ClN4O5S/c1-31-21-19(33(29,30)27-16-9-7-15(23)8-10-16)11-17(12-24-21)26-20(28)22-25-13-18(32-22)14-5-3-2-4-6-14/h2-13,27H,1H3,(H,26,28). The van der Waals surface area contributed by atoms with E-state index >= 15 is 0 Å². The Morgan fingerprint density at radius 3 is 2.42 bits per heavy atom. The number of carbonyl (C=O) groups excluding carboxylic acids is 1. The van der Waals surface area contributed by atoms with Crippen LogP contribution >= 0.6 is 11.6 Å². The Kier molecular flexibility index (Phi) is 6.29. The molecule has 0 saturated carbocycles. The average molecular weight is 485 g/mol. The van der Waals surface area contributed by atoms with E-state index in [0.717, 1.165) is 5.56 Å². The number of amides is 1. The lowest BCUT2D eigenvalue weighted by atomic mass is 10.2. The Morgan fingerprint density at radius 1 is 1.00 bits per heavy atom. The lowest BCUT2D eigenvalue weighted by Crippen LogP contribution is -2.17. The molecule has 0 aliphatic heterocycles. The molecule has 1 amide bonds. The summed E-state index contributed by atoms with van der Waals surface area (Å²) in [5, 5.41) is 3.00. The number of anilines is 2. The van der Waals surface area contributed by atoms with Gasteiger partial charge in [-0.2, -0.15) is 0 Å². The van der Waals surface area contributed by atoms with Crippen LogP contribution in [0, 0.1) is 0 Å². The van der Waals surface area contributed by atoms with Crippen LogP contribution < -0.4 is 14.8 Å². The Morgan fingerprint density at radius 2 is 1.73 bits per heavy atom. The van der Waals surface area contributed by atoms with E-state index in [9.17, 15) is 13.2 Å². The highest BCUT2D eigenvalue weighted by molar-refractivity contribution is 7.92. The molecule has 0 atom stereocenters. The summed E-state index contributed by atoms with van der Waals surface area (Å²) in [6, 6.07) is 16.5. The predicted octanol–water partition coefficient (Wildman–Crippen LogP) is 4.45. The van der Waals surface area contributed by atoms with Gasteiger partial charge in [0, 0.05) is 16.3 Å². The zero-order chi connectivity index (χ0) is 23.4. The largest absolute Gasteiger partial charge is 0.480 e. The molecule has 11 heteroatoms. The lowest BCUT2D eigenvalue weighted by molar-refractivity contribution is 0.0991. The van der Waals surface area contributed by atoms with E-state index in [1.165, 1.54) is 37.7 Å². The molecule has 2 N–H and O–H groups in total. The topological polar surface area (TPSA) is 123 Å². The second-order valence-corrected chi connectivity index (χ2v) is 8.78. The van der Waals surface area contributed by atoms with Crippen molar-refractivity contribution in [1.82, 2.24) is 9.97 Å². The lowest BCUT2D eigenvalue weighted by Gasteiger charge is -2.12. The van der Waals surface area contributed by atoms with Crippen molar-refractivity contribution < 1.29 is 22.4 Å². The van der Waals surface area contributed by atoms with Gasteiger partial charge in [0.15, 0.2) is 10.7 Å². The minimum atomic E-state index is -4.09. The molecule has 168 valence electrons. The fraction of sp³-hybridized carbons (Fsp3) is 0.0455. The van der Waals surface area contributed by atoms with E-state index in [2.05, 4.69) is 20.0 Å². The number of sulfonamides is 1. The van der Waals surface area contributed by atoms with Gasteiger partial charge in [-0.05, 0) is 30.3 Å². The molecular weight excluding hydrogens is 468 g/mol. The van der Waals surface area contributed by atoms with Crippen LogP contribution in [0.4, 0.5) is 11.4 Å². The first-order valence-corrected chi connectivity index (χ1v) is 11.4. The van der Waals surface area contributed by atoms with Crippen LogP contribution in [0.5, 0.6) is 5.88 Å². The van der Waals surface area contributed by atoms with Crippen molar-refractivity contribution in [3.8, 4) is 17.2 Å². The van der Waals surface area contributed by atoms with Crippen LogP contribution in [0.15, 0.2) is 82.4 Å². The van der Waals surface area contributed by atoms with Gasteiger partial charge in [0.05, 0.1) is 25.2 Å². The number of hydrogen-bond donors (Lipinski definition) is 2. The second-order valence-electron chi connectivity index (χ2n) is 6.69. The molecule has 0 radical (unpaired) electrons. The number of nitrogens with zero attached hydrogens (tertiary/aromatic N) is 2. The average Bonchev–Trinajstić information content (AvgIpc) is 3.32. The fourth-order valence-corrected chi connectivity index (χ4v) is 4.20. The second kappa shape index (κ2) is 9.31. The van der Waals surface area contributed by atoms with E-state index in [1.807, 2.05) is 30.3 Å². The Balaban J connectivity index is 1.57. The van der Waals surface area contributed by atoms with Crippen LogP contribution in [-0.4, -0.2) is 31.4 Å². The van der Waals surface area contributed by atoms with Crippen molar-refractivity contribution >= 4 is 38.9 Å². The van der Waals surface area contributed by atoms with Crippen LogP contribution in [0.3, 0.4) is 0 Å². The summed E-state index contributed by atoms with van der Waals surface area (Å²) in [5.41, 5.74) is 1.16. The number of nitrogens with one attached hydrogen (secondary N) is 2. The van der Waals surface area contributed by atoms with Gasteiger partial charge in [-0.3, -0.25) is 9.52 Å². The number of pyridine rings is 1. The zero-order valence-electron chi connectivity index (χ0n) is 17.2. The molecule has 33 heavy (non-hydrogen) atoms. The Hall–Kier alpha value is -3.89. The number of ether oxygens (including phenoxy) is 1. The highest BCUT2D eigenvalue weighted by atomic mass is 35.5. The Bertz CT molecular complexity index is 1390. The number of hydrogen-bond acceptors (Lipinski definition) is 7. The van der Waals surface area contributed by atoms with Crippen molar-refractivity contribution in [2.45, 2.75) is 4.90 Å². The van der Waals surface area contributed by atoms with Crippen molar-refractivity contribution in [3.63, 3.8) is 0 Å². The fourth-order valence-electron chi connectivity index (χ4n) is 2.87. The van der Waals surface area contributed by atoms with Crippen molar-refractivity contribution in [2.24, 2.45) is 0 Å². The first-order valence-electron chi connectivity index (χ1n) is 9.51. The molecule has 9 nitrogen and oxygen atoms in total. The molecule has 2 aromatic carbocycles. The molecule has 2 heterocycles. The molecule has 0 bridgehead atoms. The molecule has 4 rings (SSSR count). The smallest absolute Gasteiger partial charge is 0.311 e. The summed E-state index contributed by atoms with van der Waals surface area (Å²) in [6.07, 6.45) is 2.70. The molecule has 0 saturated heterocycles. The zero-order valence-corrected chi connectivity index (χ0v) is 18.7. The van der Waals surface area contributed by atoms with Gasteiger partial charge in [-0.25, -0.2) is 18.4 Å². The van der Waals surface area contributed by atoms with Crippen LogP contribution in [0.25, 0.3) is 11.3 Å². The number of benzene rings is 2. The summed E-state index contributed by atoms with van der Waals surface area (Å²) < 4.78 is 38.9. The Labute approximate surface area is 194 Å². The SMILES string of the molecule is COc1ncc(NC(=O)c2ncc(-c3ccccc3)o2)cc1S(=O)(=O)Nc1ccc(Cl)cc1. The third-order valence-electron chi connectivity index (χ3n) is 4.41. The first kappa shape index (κ1) is 22.3. The maximum absolute atomic E-state index is 12.9. The highest BCUT2D eigenvalue weighted by Crippen LogP contribution is 2.27. The van der Waals surface area contributed by atoms with Gasteiger partial charge in [-0.1, -0.05) is 41.9 Å². The van der Waals surface area contributed by atoms with Crippen LogP contribution in [0.2, 0.25) is 5.02 Å². The third-order valence-corrected chi connectivity index (χ3v) is 6.04. The molecule has 2 aromatic heterocycles. The molecule has 0 unspecified atom stereocenters. The van der Waals surface area contributed by atoms with Gasteiger partial charge >= 0.3 is 5.91 Å². The molecule has 0 aliphatic carbocycles. The number of halogens is 1. The number of oxazole rings is 1. The summed E-state index contributed by atoms with van der Waals surface area (Å²) in [4.78, 5) is 20.3. The maximum atomic E-state index is 12.9. The highest BCUT2D eigenvalue weighted by Gasteiger charge is 2.23. The minimum Gasteiger partial charge on any atom is -0.480 e. The van der Waals surface area contributed by atoms with Crippen molar-refractivity contribution in [3.05, 3.63) is 84.0 Å². The first-order chi connectivity index (χ1) is 15.9. The van der Waals surface area contributed by atoms with Gasteiger partial charge in [0.1, 0.15) is 0 Å². The normalized spacial score (nSPS) is 11.1. The number of rotatable bonds is 7. The van der Waals surface area contributed by atoms with Crippen molar-refractivity contribution in [1.29, 1.82) is 0 Å². The predicted molar refractivity (Wildman–Crippen MR) is 123 cm³/mol. The number of carbonyl (C=O) groups is 1. The van der Waals surface area contributed by atoms with E-state index in [0.29, 0.717) is 16.5 Å². The molecule has 0 spiro atoms. The van der Waals surface area contributed by atoms with Gasteiger partial charge < -0.3 is 14.5 Å². The van der Waals surface area contributed by atoms with Crippen molar-refractivity contribution in [2.75, 3.05) is 17.1 Å². The molecule has 4 aromatic rings. The summed E-state index contributed by atoms with van der Waals surface area (Å²) in [5.74, 6) is -0.576. The molecule has 0 aliphatic rings. The number of aromatic nitrogens is 2. The van der Waals surface area contributed by atoms with Crippen LogP contribution in [0.1, 0.15) is 10.7 Å². The summed E-state index contributed by atoms with van der Waals surface area (Å²) in [7, 11) is -2.80. The van der Waals surface area contributed by atoms with E-state index in [4.69, 9.17) is 20.8 Å². The quantitative estimate of drug-likeness (QED) is 0.397. The van der Waals surface area contributed by atoms with E-state index in [-0.39, 0.29) is 22.4 Å².